The van der Waals surface area contributed by atoms with Crippen LogP contribution < -0.4 is 0 Å². The molecule has 0 amide bonds. The number of fused-ring (bicyclic) bond motifs is 5. The highest BCUT2D eigenvalue weighted by Crippen LogP contribution is 2.69. The van der Waals surface area contributed by atoms with Crippen molar-refractivity contribution >= 4 is 0 Å². The molecule has 2 bridgehead atoms. The summed E-state index contributed by atoms with van der Waals surface area (Å²) in [6, 6.07) is 5.56. The molecule has 0 aliphatic heterocycles. The number of hydrogen-bond acceptors (Lipinski definition) is 7. The lowest BCUT2D eigenvalue weighted by Gasteiger charge is -2.37. The molecule has 1 aromatic carbocycles. The average molecular weight is 490 g/mol. The van der Waals surface area contributed by atoms with Crippen molar-refractivity contribution < 1.29 is 13.9 Å². The smallest absolute Gasteiger partial charge is 0.179 e. The Balaban J connectivity index is 1.47. The lowest BCUT2D eigenvalue weighted by atomic mass is 9.66. The van der Waals surface area contributed by atoms with Crippen molar-refractivity contribution in [3.05, 3.63) is 77.4 Å². The molecule has 1 saturated carbocycles. The molecule has 8 nitrogen and oxygen atoms in total. The summed E-state index contributed by atoms with van der Waals surface area (Å²) < 4.78 is 30.5. The third-order valence-corrected chi connectivity index (χ3v) is 8.09. The molecular weight excluding hydrogens is 464 g/mol. The molecule has 0 unspecified atom stereocenters. The Morgan fingerprint density at radius 2 is 1.94 bits per heavy atom. The zero-order chi connectivity index (χ0) is 25.2. The summed E-state index contributed by atoms with van der Waals surface area (Å²) in [5.41, 5.74) is 1.62. The van der Waals surface area contributed by atoms with Crippen LogP contribution in [0.25, 0.3) is 17.1 Å². The van der Waals surface area contributed by atoms with Gasteiger partial charge in [-0.25, -0.2) is 23.4 Å². The van der Waals surface area contributed by atoms with Crippen molar-refractivity contribution in [1.29, 1.82) is 0 Å². The predicted octanol–water partition coefficient (Wildman–Crippen LogP) is 4.44. The zero-order valence-electron chi connectivity index (χ0n) is 20.2. The number of hydrogen-bond donors (Lipinski definition) is 1. The van der Waals surface area contributed by atoms with Gasteiger partial charge in [0.25, 0.3) is 0 Å². The lowest BCUT2D eigenvalue weighted by Crippen LogP contribution is -2.38. The van der Waals surface area contributed by atoms with Gasteiger partial charge in [0.2, 0.25) is 0 Å². The Hall–Kier alpha value is -3.66. The van der Waals surface area contributed by atoms with Gasteiger partial charge in [-0.15, -0.1) is 10.2 Å². The van der Waals surface area contributed by atoms with Gasteiger partial charge >= 0.3 is 0 Å². The number of aliphatic hydroxyl groups excluding tert-OH is 1. The molecule has 2 aliphatic rings. The largest absolute Gasteiger partial charge is 0.385 e. The van der Waals surface area contributed by atoms with E-state index in [0.717, 1.165) is 29.8 Å². The quantitative estimate of drug-likeness (QED) is 0.442. The number of benzene rings is 1. The highest BCUT2D eigenvalue weighted by atomic mass is 19.1. The fraction of sp³-hybridized carbons (Fsp3) is 0.385. The number of halogens is 2. The van der Waals surface area contributed by atoms with E-state index >= 15 is 0 Å². The molecule has 4 aromatic rings. The minimum atomic E-state index is -0.749. The molecule has 184 valence electrons. The normalized spacial score (nSPS) is 22.6. The first-order chi connectivity index (χ1) is 17.3. The van der Waals surface area contributed by atoms with E-state index in [1.165, 1.54) is 29.2 Å². The summed E-state index contributed by atoms with van der Waals surface area (Å²) in [6.45, 7) is 6.21. The van der Waals surface area contributed by atoms with Gasteiger partial charge < -0.3 is 5.11 Å². The van der Waals surface area contributed by atoms with Gasteiger partial charge in [0, 0.05) is 6.20 Å². The van der Waals surface area contributed by atoms with Gasteiger partial charge in [-0.05, 0) is 54.4 Å². The van der Waals surface area contributed by atoms with Crippen molar-refractivity contribution in [3.63, 3.8) is 0 Å². The summed E-state index contributed by atoms with van der Waals surface area (Å²) in [6.07, 6.45) is 6.29. The maximum Gasteiger partial charge on any atom is 0.179 e. The number of rotatable bonds is 5. The fourth-order valence-corrected chi connectivity index (χ4v) is 6.15. The van der Waals surface area contributed by atoms with Crippen molar-refractivity contribution in [1.82, 2.24) is 34.9 Å². The summed E-state index contributed by atoms with van der Waals surface area (Å²) in [7, 11) is 0. The third-order valence-electron chi connectivity index (χ3n) is 8.09. The molecule has 10 heteroatoms. The molecule has 2 aliphatic carbocycles. The van der Waals surface area contributed by atoms with E-state index in [9.17, 15) is 13.9 Å². The summed E-state index contributed by atoms with van der Waals surface area (Å²) >= 11 is 0. The van der Waals surface area contributed by atoms with Gasteiger partial charge in [0.05, 0.1) is 34.3 Å². The van der Waals surface area contributed by atoms with E-state index in [1.807, 2.05) is 6.92 Å². The van der Waals surface area contributed by atoms with Crippen molar-refractivity contribution in [3.8, 4) is 17.1 Å². The van der Waals surface area contributed by atoms with Crippen LogP contribution in [0, 0.1) is 17.0 Å². The van der Waals surface area contributed by atoms with Crippen LogP contribution >= 0.6 is 0 Å². The molecule has 3 heterocycles. The van der Waals surface area contributed by atoms with E-state index in [0.29, 0.717) is 18.1 Å². The van der Waals surface area contributed by atoms with E-state index < -0.39 is 23.2 Å². The van der Waals surface area contributed by atoms with Crippen LogP contribution in [-0.2, 0) is 5.41 Å². The number of aromatic nitrogens is 7. The van der Waals surface area contributed by atoms with Crippen LogP contribution in [0.1, 0.15) is 74.8 Å². The van der Waals surface area contributed by atoms with Crippen molar-refractivity contribution in [2.45, 2.75) is 57.5 Å². The Kier molecular flexibility index (Phi) is 5.01. The van der Waals surface area contributed by atoms with Crippen LogP contribution in [0.4, 0.5) is 8.78 Å². The van der Waals surface area contributed by atoms with Gasteiger partial charge in [-0.2, -0.15) is 5.10 Å². The van der Waals surface area contributed by atoms with E-state index in [1.54, 1.807) is 18.5 Å². The minimum Gasteiger partial charge on any atom is -0.385 e. The van der Waals surface area contributed by atoms with Gasteiger partial charge in [-0.1, -0.05) is 26.8 Å². The molecule has 1 fully saturated rings. The van der Waals surface area contributed by atoms with Gasteiger partial charge in [0.1, 0.15) is 24.1 Å². The first-order valence-corrected chi connectivity index (χ1v) is 12.0. The molecule has 0 spiro atoms. The van der Waals surface area contributed by atoms with Gasteiger partial charge in [0.15, 0.2) is 11.6 Å². The maximum absolute atomic E-state index is 14.5. The summed E-state index contributed by atoms with van der Waals surface area (Å²) in [5, 5.41) is 23.3. The standard InChI is InChI=1S/C26H25F2N7O/c1-4-19(36)24-30-13-35(34-24)21-12-29-11-20(31-21)26-9-8-15(25(26,2)3)14-10-18(32-33-23(14)26)22-16(27)6-5-7-17(22)28/h5-7,10-13,15,19,36H,4,8-9H2,1-3H3/t15-,19+,26-/m0/s1. The highest BCUT2D eigenvalue weighted by molar-refractivity contribution is 5.64. The van der Waals surface area contributed by atoms with Crippen LogP contribution in [0.15, 0.2) is 43.0 Å². The monoisotopic (exact) mass is 489 g/mol. The Labute approximate surface area is 206 Å². The van der Waals surface area contributed by atoms with Gasteiger partial charge in [-0.3, -0.25) is 4.98 Å². The van der Waals surface area contributed by atoms with Crippen molar-refractivity contribution in [2.24, 2.45) is 5.41 Å². The first-order valence-electron chi connectivity index (χ1n) is 12.0. The molecular formula is C26H25F2N7O. The maximum atomic E-state index is 14.5. The number of aliphatic hydroxyl groups is 1. The zero-order valence-corrected chi connectivity index (χ0v) is 20.2. The van der Waals surface area contributed by atoms with Crippen LogP contribution in [0.5, 0.6) is 0 Å². The molecule has 36 heavy (non-hydrogen) atoms. The molecule has 0 saturated heterocycles. The summed E-state index contributed by atoms with van der Waals surface area (Å²) in [5.74, 6) is -0.399. The van der Waals surface area contributed by atoms with Crippen molar-refractivity contribution in [2.75, 3.05) is 0 Å². The van der Waals surface area contributed by atoms with E-state index in [4.69, 9.17) is 4.98 Å². The fourth-order valence-electron chi connectivity index (χ4n) is 6.15. The molecule has 3 aromatic heterocycles. The SMILES string of the molecule is CC[C@@H](O)c1ncn(-c2cncc([C@@]34CC[C@@H](c5cc(-c6c(F)cccc6F)nnc53)C4(C)C)n2)n1. The Morgan fingerprint density at radius 1 is 1.17 bits per heavy atom. The molecule has 0 radical (unpaired) electrons. The first kappa shape index (κ1) is 22.8. The average Bonchev–Trinajstić information content (AvgIpc) is 3.52. The Morgan fingerprint density at radius 3 is 2.69 bits per heavy atom. The van der Waals surface area contributed by atoms with Crippen LogP contribution in [-0.4, -0.2) is 40.0 Å². The lowest BCUT2D eigenvalue weighted by molar-refractivity contribution is 0.163. The summed E-state index contributed by atoms with van der Waals surface area (Å²) in [4.78, 5) is 13.6. The van der Waals surface area contributed by atoms with Crippen LogP contribution in [0.2, 0.25) is 0 Å². The number of nitrogens with zero attached hydrogens (tertiary/aromatic N) is 7. The second kappa shape index (κ2) is 7.92. The second-order valence-corrected chi connectivity index (χ2v) is 10.1. The molecule has 1 N–H and O–H groups in total. The Bertz CT molecular complexity index is 1470. The third kappa shape index (κ3) is 3.00. The highest BCUT2D eigenvalue weighted by Gasteiger charge is 2.65. The predicted molar refractivity (Wildman–Crippen MR) is 126 cm³/mol. The molecule has 3 atom stereocenters. The van der Waals surface area contributed by atoms with Crippen LogP contribution in [0.3, 0.4) is 0 Å². The van der Waals surface area contributed by atoms with E-state index in [2.05, 4.69) is 39.1 Å². The second-order valence-electron chi connectivity index (χ2n) is 10.1. The van der Waals surface area contributed by atoms with E-state index in [-0.39, 0.29) is 22.6 Å². The topological polar surface area (TPSA) is 102 Å². The minimum absolute atomic E-state index is 0.125. The molecule has 6 rings (SSSR count).